The van der Waals surface area contributed by atoms with E-state index in [0.29, 0.717) is 24.0 Å². The van der Waals surface area contributed by atoms with Crippen molar-refractivity contribution >= 4 is 34.2 Å². The minimum atomic E-state index is -1.50. The summed E-state index contributed by atoms with van der Waals surface area (Å²) in [4.78, 5) is 15.8. The van der Waals surface area contributed by atoms with E-state index >= 15 is 0 Å². The second-order valence-corrected chi connectivity index (χ2v) is 15.5. The molecule has 2 aliphatic carbocycles. The largest absolute Gasteiger partial charge is 0.490 e. The Bertz CT molecular complexity index is 1580. The van der Waals surface area contributed by atoms with Gasteiger partial charge in [0.25, 0.3) is 5.91 Å². The van der Waals surface area contributed by atoms with Crippen LogP contribution in [0.3, 0.4) is 0 Å². The number of hydrogen-bond acceptors (Lipinski definition) is 7. The van der Waals surface area contributed by atoms with Gasteiger partial charge in [-0.2, -0.15) is 10.2 Å². The zero-order valence-electron chi connectivity index (χ0n) is 27.4. The molecular formula is C37H45ClN4O4S. The van der Waals surface area contributed by atoms with E-state index in [2.05, 4.69) is 51.0 Å². The number of amides is 1. The molecule has 1 fully saturated rings. The summed E-state index contributed by atoms with van der Waals surface area (Å²) in [6.07, 6.45) is 13.9. The van der Waals surface area contributed by atoms with E-state index in [1.54, 1.807) is 25.6 Å². The topological polar surface area (TPSA) is 93.7 Å². The lowest BCUT2D eigenvalue weighted by Crippen LogP contribution is -2.49. The third kappa shape index (κ3) is 7.42. The lowest BCUT2D eigenvalue weighted by Gasteiger charge is -2.46. The van der Waals surface area contributed by atoms with Gasteiger partial charge < -0.3 is 14.4 Å². The molecule has 1 saturated carbocycles. The average Bonchev–Trinajstić information content (AvgIpc) is 3.23. The van der Waals surface area contributed by atoms with E-state index in [1.807, 2.05) is 37.3 Å². The Hall–Kier alpha value is -3.27. The minimum absolute atomic E-state index is 0.0508. The molecule has 2 aliphatic heterocycles. The molecule has 1 N–H and O–H groups in total. The van der Waals surface area contributed by atoms with Crippen LogP contribution in [0.1, 0.15) is 67.4 Å². The summed E-state index contributed by atoms with van der Waals surface area (Å²) < 4.78 is 28.5. The summed E-state index contributed by atoms with van der Waals surface area (Å²) in [5.41, 5.74) is 3.90. The number of nitrogens with zero attached hydrogens (tertiary/aromatic N) is 3. The molecule has 3 aromatic rings. The van der Waals surface area contributed by atoms with E-state index in [-0.39, 0.29) is 28.6 Å². The number of anilines is 1. The second-order valence-electron chi connectivity index (χ2n) is 13.5. The molecule has 10 heteroatoms. The number of benzene rings is 2. The number of halogens is 1. The number of hydrogen-bond donors (Lipinski definition) is 1. The van der Waals surface area contributed by atoms with Crippen LogP contribution in [0.2, 0.25) is 5.02 Å². The van der Waals surface area contributed by atoms with Crippen molar-refractivity contribution in [3.05, 3.63) is 94.8 Å². The van der Waals surface area contributed by atoms with Gasteiger partial charge in [-0.05, 0) is 117 Å². The van der Waals surface area contributed by atoms with E-state index in [9.17, 15) is 9.00 Å². The monoisotopic (exact) mass is 676 g/mol. The zero-order chi connectivity index (χ0) is 33.0. The van der Waals surface area contributed by atoms with E-state index in [0.717, 1.165) is 68.1 Å². The summed E-state index contributed by atoms with van der Waals surface area (Å²) >= 11 is 6.41. The summed E-state index contributed by atoms with van der Waals surface area (Å²) in [5.74, 6) is 1.53. The fourth-order valence-electron chi connectivity index (χ4n) is 7.52. The van der Waals surface area contributed by atoms with Crippen LogP contribution in [0.25, 0.3) is 0 Å². The summed E-state index contributed by atoms with van der Waals surface area (Å²) in [7, 11) is 0.305. The Morgan fingerprint density at radius 1 is 1.11 bits per heavy atom. The molecule has 6 unspecified atom stereocenters. The molecule has 3 heterocycles. The molecule has 0 saturated heterocycles. The van der Waals surface area contributed by atoms with Crippen molar-refractivity contribution in [1.29, 1.82) is 0 Å². The van der Waals surface area contributed by atoms with Gasteiger partial charge in [-0.3, -0.25) is 9.52 Å². The summed E-state index contributed by atoms with van der Waals surface area (Å²) in [6.45, 7) is 6.27. The van der Waals surface area contributed by atoms with Crippen LogP contribution in [0.15, 0.2) is 73.1 Å². The minimum Gasteiger partial charge on any atom is -0.490 e. The van der Waals surface area contributed by atoms with Crippen LogP contribution in [0.4, 0.5) is 5.69 Å². The zero-order valence-corrected chi connectivity index (χ0v) is 29.0. The number of nitrogens with one attached hydrogen (secondary N) is 1. The van der Waals surface area contributed by atoms with Gasteiger partial charge in [0.2, 0.25) is 0 Å². The number of carbonyl (C=O) groups is 1. The number of methoxy groups -OCH3 is 1. The van der Waals surface area contributed by atoms with Gasteiger partial charge in [-0.25, -0.2) is 4.21 Å². The number of allylic oxidation sites excluding steroid dienone is 1. The molecule has 2 aromatic carbocycles. The SMILES string of the molecule is COC1/C=C/CC(C)C(C)S(=O)NC(=O)c2ccc3c(c2)N(CC2CCC21)C[C@@]1(CCCc2cc(Cl)ccc21)CO3.c1ccnnc1. The van der Waals surface area contributed by atoms with E-state index in [4.69, 9.17) is 21.1 Å². The maximum atomic E-state index is 13.3. The maximum Gasteiger partial charge on any atom is 0.263 e. The van der Waals surface area contributed by atoms with Crippen LogP contribution in [0, 0.1) is 17.8 Å². The molecule has 2 bridgehead atoms. The van der Waals surface area contributed by atoms with Crippen molar-refractivity contribution in [3.63, 3.8) is 0 Å². The van der Waals surface area contributed by atoms with Crippen LogP contribution >= 0.6 is 11.6 Å². The third-order valence-electron chi connectivity index (χ3n) is 10.6. The highest BCUT2D eigenvalue weighted by atomic mass is 35.5. The van der Waals surface area contributed by atoms with E-state index < -0.39 is 11.0 Å². The molecule has 8 nitrogen and oxygen atoms in total. The van der Waals surface area contributed by atoms with Crippen molar-refractivity contribution in [1.82, 2.24) is 14.9 Å². The van der Waals surface area contributed by atoms with Gasteiger partial charge in [0.15, 0.2) is 0 Å². The number of rotatable bonds is 1. The predicted molar refractivity (Wildman–Crippen MR) is 187 cm³/mol. The molecule has 1 spiro atoms. The first kappa shape index (κ1) is 33.6. The smallest absolute Gasteiger partial charge is 0.263 e. The Morgan fingerprint density at radius 2 is 1.91 bits per heavy atom. The number of ether oxygens (including phenoxy) is 2. The second kappa shape index (κ2) is 14.9. The van der Waals surface area contributed by atoms with Crippen molar-refractivity contribution in [3.8, 4) is 5.75 Å². The van der Waals surface area contributed by atoms with Gasteiger partial charge >= 0.3 is 0 Å². The lowest BCUT2D eigenvalue weighted by molar-refractivity contribution is 0.0131. The Kier molecular flexibility index (Phi) is 10.6. The van der Waals surface area contributed by atoms with Gasteiger partial charge in [-0.1, -0.05) is 36.7 Å². The molecule has 4 aliphatic rings. The first-order valence-electron chi connectivity index (χ1n) is 16.7. The standard InChI is InChI=1S/C33H41ClN2O4S.C4H4N2/c1-21-6-4-8-30(39-3)27-12-9-25(27)18-36-19-33(15-5-7-23-16-26(34)11-13-28(23)33)20-40-31-14-10-24(17-29(31)36)32(37)35-41(38)22(21)2;1-2-4-6-5-3-1/h4,8,10-11,13-14,16-17,21-22,25,27,30H,5-7,9,12,15,18-20H2,1-3H3,(H,35,37);1-4H/b8-4+;/t21?,22?,25?,27?,30?,33-,41?;/m0./s1. The molecular weight excluding hydrogens is 632 g/mol. The first-order valence-corrected chi connectivity index (χ1v) is 18.3. The van der Waals surface area contributed by atoms with Crippen LogP contribution < -0.4 is 14.4 Å². The van der Waals surface area contributed by atoms with Gasteiger partial charge in [0, 0.05) is 48.6 Å². The molecule has 0 radical (unpaired) electrons. The molecule has 1 aromatic heterocycles. The van der Waals surface area contributed by atoms with Crippen LogP contribution in [-0.2, 0) is 27.6 Å². The highest BCUT2D eigenvalue weighted by Gasteiger charge is 2.44. The molecule has 7 atom stereocenters. The van der Waals surface area contributed by atoms with Crippen molar-refractivity contribution in [2.75, 3.05) is 31.7 Å². The molecule has 7 rings (SSSR count). The first-order chi connectivity index (χ1) is 22.8. The third-order valence-corrected chi connectivity index (χ3v) is 12.3. The van der Waals surface area contributed by atoms with Crippen molar-refractivity contribution in [2.24, 2.45) is 17.8 Å². The Morgan fingerprint density at radius 3 is 2.62 bits per heavy atom. The normalized spacial score (nSPS) is 31.0. The number of aryl methyl sites for hydroxylation is 1. The van der Waals surface area contributed by atoms with Crippen LogP contribution in [-0.4, -0.2) is 58.5 Å². The highest BCUT2D eigenvalue weighted by Crippen LogP contribution is 2.47. The van der Waals surface area contributed by atoms with Crippen molar-refractivity contribution in [2.45, 2.75) is 69.1 Å². The Labute approximate surface area is 285 Å². The average molecular weight is 677 g/mol. The quantitative estimate of drug-likeness (QED) is 0.287. The molecule has 1 amide bonds. The summed E-state index contributed by atoms with van der Waals surface area (Å²) in [6, 6.07) is 15.6. The van der Waals surface area contributed by atoms with E-state index in [1.165, 1.54) is 11.1 Å². The lowest BCUT2D eigenvalue weighted by atomic mass is 9.68. The Balaban J connectivity index is 0.000000580. The maximum absolute atomic E-state index is 13.3. The number of fused-ring (bicyclic) bond motifs is 4. The molecule has 47 heavy (non-hydrogen) atoms. The number of carbonyl (C=O) groups excluding carboxylic acids is 1. The van der Waals surface area contributed by atoms with Gasteiger partial charge in [0.05, 0.1) is 23.6 Å². The number of aromatic nitrogens is 2. The van der Waals surface area contributed by atoms with Gasteiger partial charge in [0.1, 0.15) is 16.7 Å². The fraction of sp³-hybridized carbons (Fsp3) is 0.486. The highest BCUT2D eigenvalue weighted by molar-refractivity contribution is 7.84. The van der Waals surface area contributed by atoms with Crippen LogP contribution in [0.5, 0.6) is 5.75 Å². The molecule has 250 valence electrons. The van der Waals surface area contributed by atoms with Crippen molar-refractivity contribution < 1.29 is 18.5 Å². The van der Waals surface area contributed by atoms with Gasteiger partial charge in [-0.15, -0.1) is 0 Å². The fourth-order valence-corrected chi connectivity index (χ4v) is 8.73. The summed E-state index contributed by atoms with van der Waals surface area (Å²) in [5, 5.41) is 7.66. The predicted octanol–water partition coefficient (Wildman–Crippen LogP) is 6.71.